The van der Waals surface area contributed by atoms with E-state index >= 15 is 0 Å². The Labute approximate surface area is 200 Å². The van der Waals surface area contributed by atoms with Gasteiger partial charge in [-0.1, -0.05) is 54.6 Å². The number of rotatable bonds is 4. The molecule has 1 atom stereocenters. The van der Waals surface area contributed by atoms with Gasteiger partial charge in [0.2, 0.25) is 5.78 Å². The summed E-state index contributed by atoms with van der Waals surface area (Å²) < 4.78 is 8.95. The van der Waals surface area contributed by atoms with Crippen molar-refractivity contribution in [1.82, 2.24) is 14.5 Å². The molecule has 1 fully saturated rings. The van der Waals surface area contributed by atoms with Crippen molar-refractivity contribution in [3.05, 3.63) is 88.5 Å². The molecule has 0 radical (unpaired) electrons. The van der Waals surface area contributed by atoms with E-state index in [4.69, 9.17) is 19.6 Å². The summed E-state index contributed by atoms with van der Waals surface area (Å²) in [7, 11) is 2.16. The van der Waals surface area contributed by atoms with E-state index in [0.717, 1.165) is 50.4 Å². The molecule has 0 bridgehead atoms. The predicted molar refractivity (Wildman–Crippen MR) is 129 cm³/mol. The highest BCUT2D eigenvalue weighted by Crippen LogP contribution is 2.35. The molecule has 0 amide bonds. The Kier molecular flexibility index (Phi) is 7.55. The lowest BCUT2D eigenvalue weighted by Gasteiger charge is -2.32. The second-order valence-electron chi connectivity index (χ2n) is 8.82. The summed E-state index contributed by atoms with van der Waals surface area (Å²) in [6.07, 6.45) is 2.90. The molecule has 1 N–H and O–H groups in total. The Bertz CT molecular complexity index is 1130. The minimum absolute atomic E-state index is 0.0231. The van der Waals surface area contributed by atoms with Crippen LogP contribution in [0, 0.1) is 6.92 Å². The van der Waals surface area contributed by atoms with Crippen LogP contribution in [0.2, 0.25) is 0 Å². The summed E-state index contributed by atoms with van der Waals surface area (Å²) in [6.45, 7) is 4.66. The van der Waals surface area contributed by atoms with Gasteiger partial charge in [0.1, 0.15) is 17.6 Å². The quantitative estimate of drug-likeness (QED) is 0.469. The normalized spacial score (nSPS) is 18.1. The lowest BCUT2D eigenvalue weighted by Crippen LogP contribution is -2.35. The molecule has 7 nitrogen and oxygen atoms in total. The summed E-state index contributed by atoms with van der Waals surface area (Å²) in [5.41, 5.74) is 4.63. The van der Waals surface area contributed by atoms with Crippen LogP contribution in [0.4, 0.5) is 0 Å². The van der Waals surface area contributed by atoms with Crippen LogP contribution in [0.1, 0.15) is 57.6 Å². The highest BCUT2D eigenvalue weighted by molar-refractivity contribution is 6.08. The number of likely N-dealkylation sites (tertiary alicyclic amines) is 1. The zero-order chi connectivity index (χ0) is 24.1. The van der Waals surface area contributed by atoms with Gasteiger partial charge in [0.25, 0.3) is 6.47 Å². The number of carbonyl (C=O) groups is 2. The number of piperidine rings is 1. The van der Waals surface area contributed by atoms with E-state index in [-0.39, 0.29) is 24.5 Å². The first kappa shape index (κ1) is 23.9. The fourth-order valence-corrected chi connectivity index (χ4v) is 4.82. The number of ketones is 1. The molecule has 1 aromatic heterocycles. The number of carbonyl (C=O) groups excluding carboxylic acids is 1. The first-order valence-corrected chi connectivity index (χ1v) is 11.7. The first-order valence-electron chi connectivity index (χ1n) is 11.7. The fraction of sp³-hybridized carbons (Fsp3) is 0.370. The van der Waals surface area contributed by atoms with Crippen LogP contribution >= 0.6 is 0 Å². The Morgan fingerprint density at radius 1 is 1.06 bits per heavy atom. The van der Waals surface area contributed by atoms with Crippen LogP contribution in [-0.2, 0) is 22.5 Å². The van der Waals surface area contributed by atoms with Gasteiger partial charge in [0.15, 0.2) is 0 Å². The van der Waals surface area contributed by atoms with E-state index in [1.807, 2.05) is 37.3 Å². The highest BCUT2D eigenvalue weighted by Gasteiger charge is 2.33. The van der Waals surface area contributed by atoms with Crippen molar-refractivity contribution in [3.8, 4) is 0 Å². The topological polar surface area (TPSA) is 84.7 Å². The van der Waals surface area contributed by atoms with Gasteiger partial charge in [0, 0.05) is 30.9 Å². The predicted octanol–water partition coefficient (Wildman–Crippen LogP) is 3.88. The maximum absolute atomic E-state index is 13.2. The molecule has 34 heavy (non-hydrogen) atoms. The van der Waals surface area contributed by atoms with E-state index < -0.39 is 0 Å². The number of fused-ring (bicyclic) bond motifs is 2. The van der Waals surface area contributed by atoms with Gasteiger partial charge in [-0.2, -0.15) is 0 Å². The number of ether oxygens (including phenoxy) is 1. The molecule has 2 aromatic carbocycles. The summed E-state index contributed by atoms with van der Waals surface area (Å²) in [5, 5.41) is 6.89. The lowest BCUT2D eigenvalue weighted by atomic mass is 9.99. The molecule has 3 aromatic rings. The molecule has 1 unspecified atom stereocenters. The van der Waals surface area contributed by atoms with Crippen LogP contribution in [0.25, 0.3) is 0 Å². The van der Waals surface area contributed by atoms with Crippen LogP contribution in [0.15, 0.2) is 54.6 Å². The van der Waals surface area contributed by atoms with Gasteiger partial charge in [-0.15, -0.1) is 0 Å². The number of nitrogens with zero attached hydrogens (tertiary/aromatic N) is 3. The molecule has 0 spiro atoms. The fourth-order valence-electron chi connectivity index (χ4n) is 4.82. The maximum Gasteiger partial charge on any atom is 0.290 e. The van der Waals surface area contributed by atoms with Crippen LogP contribution in [-0.4, -0.2) is 58.1 Å². The van der Waals surface area contributed by atoms with Gasteiger partial charge in [-0.3, -0.25) is 9.59 Å². The van der Waals surface area contributed by atoms with Crippen molar-refractivity contribution in [2.24, 2.45) is 0 Å². The van der Waals surface area contributed by atoms with E-state index in [1.54, 1.807) is 0 Å². The number of benzene rings is 2. The van der Waals surface area contributed by atoms with Crippen molar-refractivity contribution in [2.75, 3.05) is 20.1 Å². The summed E-state index contributed by atoms with van der Waals surface area (Å²) in [4.78, 5) is 28.9. The smallest absolute Gasteiger partial charge is 0.290 e. The van der Waals surface area contributed by atoms with Crippen molar-refractivity contribution in [1.29, 1.82) is 0 Å². The van der Waals surface area contributed by atoms with E-state index in [9.17, 15) is 4.79 Å². The van der Waals surface area contributed by atoms with Gasteiger partial charge >= 0.3 is 0 Å². The molecule has 1 saturated heterocycles. The second-order valence-corrected chi connectivity index (χ2v) is 8.82. The zero-order valence-corrected chi connectivity index (χ0v) is 19.7. The molecule has 0 aliphatic carbocycles. The van der Waals surface area contributed by atoms with Crippen LogP contribution < -0.4 is 0 Å². The third-order valence-corrected chi connectivity index (χ3v) is 6.67. The van der Waals surface area contributed by atoms with Crippen molar-refractivity contribution >= 4 is 12.3 Å². The largest absolute Gasteiger partial charge is 0.483 e. The monoisotopic (exact) mass is 461 g/mol. The summed E-state index contributed by atoms with van der Waals surface area (Å²) >= 11 is 0. The Morgan fingerprint density at radius 3 is 2.41 bits per heavy atom. The number of aryl methyl sites for hydroxylation is 1. The number of hydrogen-bond donors (Lipinski definition) is 1. The number of hydrogen-bond acceptors (Lipinski definition) is 5. The molecule has 0 saturated carbocycles. The number of aromatic nitrogens is 2. The third kappa shape index (κ3) is 4.95. The van der Waals surface area contributed by atoms with Gasteiger partial charge in [-0.05, 0) is 44.4 Å². The van der Waals surface area contributed by atoms with E-state index in [2.05, 4.69) is 40.8 Å². The summed E-state index contributed by atoms with van der Waals surface area (Å²) in [6, 6.07) is 17.9. The van der Waals surface area contributed by atoms with Crippen molar-refractivity contribution < 1.29 is 19.4 Å². The maximum atomic E-state index is 13.2. The van der Waals surface area contributed by atoms with E-state index in [1.165, 1.54) is 11.1 Å². The number of imidazole rings is 1. The highest BCUT2D eigenvalue weighted by atomic mass is 16.5. The third-order valence-electron chi connectivity index (χ3n) is 6.67. The van der Waals surface area contributed by atoms with Gasteiger partial charge in [-0.25, -0.2) is 4.98 Å². The molecule has 7 heteroatoms. The van der Waals surface area contributed by atoms with Crippen molar-refractivity contribution in [2.45, 2.75) is 44.9 Å². The SMILES string of the molecule is Cc1c(C(=O)c2ccccc2)nc2n1CCc1ccccc1C2OC1CCN(C)CC1.O=CO. The molecule has 5 rings (SSSR count). The average Bonchev–Trinajstić information content (AvgIpc) is 3.10. The van der Waals surface area contributed by atoms with Crippen LogP contribution in [0.5, 0.6) is 0 Å². The van der Waals surface area contributed by atoms with E-state index in [0.29, 0.717) is 11.3 Å². The Hall–Kier alpha value is -3.29. The first-order chi connectivity index (χ1) is 16.5. The molecule has 178 valence electrons. The molecule has 2 aliphatic heterocycles. The van der Waals surface area contributed by atoms with Gasteiger partial charge < -0.3 is 19.3 Å². The minimum atomic E-state index is -0.250. The summed E-state index contributed by atoms with van der Waals surface area (Å²) in [5.74, 6) is 0.839. The minimum Gasteiger partial charge on any atom is -0.483 e. The molecular formula is C27H31N3O4. The standard InChI is InChI=1S/C26H29N3O2.CH2O2/c1-18-23(24(30)20-9-4-3-5-10-20)27-26-25(31-21-13-15-28(2)16-14-21)22-11-7-6-8-19(22)12-17-29(18)26;2-1-3/h3-11,21,25H,12-17H2,1-2H3;1H,(H,2,3). The second kappa shape index (κ2) is 10.8. The Morgan fingerprint density at radius 2 is 1.71 bits per heavy atom. The Balaban J connectivity index is 0.000000868. The van der Waals surface area contributed by atoms with Crippen molar-refractivity contribution in [3.63, 3.8) is 0 Å². The molecule has 2 aliphatic rings. The average molecular weight is 462 g/mol. The lowest BCUT2D eigenvalue weighted by molar-refractivity contribution is -0.122. The number of carboxylic acid groups (broad SMARTS) is 1. The zero-order valence-electron chi connectivity index (χ0n) is 19.7. The van der Waals surface area contributed by atoms with Crippen LogP contribution in [0.3, 0.4) is 0 Å². The van der Waals surface area contributed by atoms with Gasteiger partial charge in [0.05, 0.1) is 6.10 Å². The molecule has 3 heterocycles. The molecular weight excluding hydrogens is 430 g/mol.